The molecule has 0 aliphatic carbocycles. The van der Waals surface area contributed by atoms with Crippen LogP contribution in [0.3, 0.4) is 0 Å². The Morgan fingerprint density at radius 2 is 1.96 bits per heavy atom. The number of hydrazone groups is 1. The third-order valence-electron chi connectivity index (χ3n) is 3.38. The van der Waals surface area contributed by atoms with E-state index in [1.165, 1.54) is 18.3 Å². The first kappa shape index (κ1) is 18.5. The summed E-state index contributed by atoms with van der Waals surface area (Å²) in [6, 6.07) is 13.0. The number of carbonyl (C=O) groups is 1. The van der Waals surface area contributed by atoms with Gasteiger partial charge in [0.1, 0.15) is 17.3 Å². The van der Waals surface area contributed by atoms with E-state index >= 15 is 0 Å². The fraction of sp³-hybridized carbons (Fsp3) is 0. The van der Waals surface area contributed by atoms with Crippen molar-refractivity contribution in [2.24, 2.45) is 5.10 Å². The first-order chi connectivity index (χ1) is 12.4. The molecule has 1 heterocycles. The van der Waals surface area contributed by atoms with Crippen LogP contribution in [-0.4, -0.2) is 17.2 Å². The van der Waals surface area contributed by atoms with Gasteiger partial charge in [0.2, 0.25) is 0 Å². The van der Waals surface area contributed by atoms with Crippen LogP contribution >= 0.6 is 39.1 Å². The second kappa shape index (κ2) is 7.95. The predicted molar refractivity (Wildman–Crippen MR) is 105 cm³/mol. The number of benzene rings is 2. The van der Waals surface area contributed by atoms with Gasteiger partial charge in [-0.05, 0) is 48.5 Å². The Bertz CT molecular complexity index is 1000. The predicted octanol–water partition coefficient (Wildman–Crippen LogP) is 5.49. The summed E-state index contributed by atoms with van der Waals surface area (Å²) in [6.45, 7) is 0. The maximum absolute atomic E-state index is 12.0. The number of nitrogens with zero attached hydrogens (tertiary/aromatic N) is 1. The van der Waals surface area contributed by atoms with E-state index in [0.717, 1.165) is 0 Å². The third-order valence-corrected chi connectivity index (χ3v) is 4.44. The van der Waals surface area contributed by atoms with Crippen LogP contribution in [0.4, 0.5) is 0 Å². The van der Waals surface area contributed by atoms with Gasteiger partial charge in [0, 0.05) is 15.1 Å². The summed E-state index contributed by atoms with van der Waals surface area (Å²) in [7, 11) is 0. The molecule has 0 aliphatic rings. The molecule has 0 atom stereocenters. The zero-order valence-corrected chi connectivity index (χ0v) is 16.1. The smallest absolute Gasteiger partial charge is 0.275 e. The molecule has 1 aromatic heterocycles. The minimum atomic E-state index is -0.551. The molecule has 3 aromatic rings. The average Bonchev–Trinajstić information content (AvgIpc) is 3.07. The Hall–Kier alpha value is -2.28. The maximum atomic E-state index is 12.0. The van der Waals surface area contributed by atoms with E-state index < -0.39 is 5.91 Å². The number of phenolic OH excluding ortho intramolecular Hbond substituents is 1. The van der Waals surface area contributed by atoms with Crippen LogP contribution < -0.4 is 5.43 Å². The van der Waals surface area contributed by atoms with Crippen LogP contribution in [0, 0.1) is 0 Å². The molecule has 5 nitrogen and oxygen atoms in total. The van der Waals surface area contributed by atoms with Crippen LogP contribution in [0.2, 0.25) is 10.0 Å². The van der Waals surface area contributed by atoms with Gasteiger partial charge in [0.05, 0.1) is 16.8 Å². The van der Waals surface area contributed by atoms with Crippen molar-refractivity contribution >= 4 is 51.3 Å². The highest BCUT2D eigenvalue weighted by Gasteiger charge is 2.11. The maximum Gasteiger partial charge on any atom is 0.275 e. The summed E-state index contributed by atoms with van der Waals surface area (Å²) in [4.78, 5) is 12.0. The molecule has 132 valence electrons. The average molecular weight is 454 g/mol. The molecule has 26 heavy (non-hydrogen) atoms. The molecule has 1 amide bonds. The van der Waals surface area contributed by atoms with Crippen LogP contribution in [0.5, 0.6) is 5.75 Å². The molecule has 3 rings (SSSR count). The Balaban J connectivity index is 1.72. The van der Waals surface area contributed by atoms with Gasteiger partial charge in [-0.2, -0.15) is 5.10 Å². The van der Waals surface area contributed by atoms with Crippen molar-refractivity contribution in [3.05, 3.63) is 74.4 Å². The zero-order chi connectivity index (χ0) is 18.7. The van der Waals surface area contributed by atoms with E-state index in [1.54, 1.807) is 36.4 Å². The van der Waals surface area contributed by atoms with Gasteiger partial charge < -0.3 is 9.52 Å². The van der Waals surface area contributed by atoms with Gasteiger partial charge in [-0.3, -0.25) is 4.79 Å². The van der Waals surface area contributed by atoms with Crippen LogP contribution in [0.25, 0.3) is 11.3 Å². The summed E-state index contributed by atoms with van der Waals surface area (Å²) in [5.74, 6) is 0.242. The number of phenols is 1. The van der Waals surface area contributed by atoms with Crippen molar-refractivity contribution in [1.82, 2.24) is 5.43 Å². The Kier molecular flexibility index (Phi) is 5.66. The SMILES string of the molecule is O=C(N/N=C\c1ccc(-c2cc(Cl)ccc2Cl)o1)c1cc(Br)ccc1O. The van der Waals surface area contributed by atoms with Gasteiger partial charge in [0.25, 0.3) is 5.91 Å². The fourth-order valence-corrected chi connectivity index (χ4v) is 2.90. The summed E-state index contributed by atoms with van der Waals surface area (Å²) < 4.78 is 6.30. The second-order valence-corrected chi connectivity index (χ2v) is 6.95. The van der Waals surface area contributed by atoms with E-state index in [-0.39, 0.29) is 11.3 Å². The lowest BCUT2D eigenvalue weighted by Gasteiger charge is -2.03. The highest BCUT2D eigenvalue weighted by Crippen LogP contribution is 2.31. The van der Waals surface area contributed by atoms with Crippen LogP contribution in [0.15, 0.2) is 62.5 Å². The highest BCUT2D eigenvalue weighted by atomic mass is 79.9. The normalized spacial score (nSPS) is 11.0. The second-order valence-electron chi connectivity index (χ2n) is 5.19. The van der Waals surface area contributed by atoms with Crippen molar-refractivity contribution in [3.8, 4) is 17.1 Å². The highest BCUT2D eigenvalue weighted by molar-refractivity contribution is 9.10. The molecular formula is C18H11BrCl2N2O3. The molecule has 0 saturated heterocycles. The van der Waals surface area contributed by atoms with Crippen LogP contribution in [0.1, 0.15) is 16.1 Å². The van der Waals surface area contributed by atoms with Gasteiger partial charge in [0.15, 0.2) is 0 Å². The molecule has 2 N–H and O–H groups in total. The van der Waals surface area contributed by atoms with Crippen LogP contribution in [-0.2, 0) is 0 Å². The van der Waals surface area contributed by atoms with Crippen molar-refractivity contribution in [1.29, 1.82) is 0 Å². The van der Waals surface area contributed by atoms with Crippen molar-refractivity contribution in [2.45, 2.75) is 0 Å². The number of hydrogen-bond donors (Lipinski definition) is 2. The summed E-state index contributed by atoms with van der Waals surface area (Å²) >= 11 is 15.4. The summed E-state index contributed by atoms with van der Waals surface area (Å²) in [5.41, 5.74) is 3.08. The fourth-order valence-electron chi connectivity index (χ4n) is 2.16. The largest absolute Gasteiger partial charge is 0.507 e. The number of halogens is 3. The molecule has 0 fully saturated rings. The summed E-state index contributed by atoms with van der Waals surface area (Å²) in [6.07, 6.45) is 1.34. The molecule has 0 unspecified atom stereocenters. The lowest BCUT2D eigenvalue weighted by molar-refractivity contribution is 0.0952. The van der Waals surface area contributed by atoms with Gasteiger partial charge in [-0.25, -0.2) is 5.43 Å². The standard InChI is InChI=1S/C18H11BrCl2N2O3/c19-10-1-5-16(24)14(7-10)18(25)23-22-9-12-3-6-17(26-12)13-8-11(20)2-4-15(13)21/h1-9,24H,(H,23,25)/b22-9-. The minimum absolute atomic E-state index is 0.0994. The lowest BCUT2D eigenvalue weighted by atomic mass is 10.2. The van der Waals surface area contributed by atoms with E-state index in [1.807, 2.05) is 0 Å². The number of hydrogen-bond acceptors (Lipinski definition) is 4. The zero-order valence-electron chi connectivity index (χ0n) is 13.0. The third kappa shape index (κ3) is 4.27. The topological polar surface area (TPSA) is 74.8 Å². The number of nitrogens with one attached hydrogen (secondary N) is 1. The number of amides is 1. The molecular weight excluding hydrogens is 443 g/mol. The molecule has 0 aliphatic heterocycles. The number of aromatic hydroxyl groups is 1. The monoisotopic (exact) mass is 452 g/mol. The molecule has 0 bridgehead atoms. The Morgan fingerprint density at radius 3 is 2.77 bits per heavy atom. The summed E-state index contributed by atoms with van der Waals surface area (Å²) in [5, 5.41) is 14.6. The Morgan fingerprint density at radius 1 is 1.15 bits per heavy atom. The molecule has 0 saturated carbocycles. The van der Waals surface area contributed by atoms with E-state index in [0.29, 0.717) is 31.6 Å². The van der Waals surface area contributed by atoms with Crippen molar-refractivity contribution in [2.75, 3.05) is 0 Å². The van der Waals surface area contributed by atoms with Crippen molar-refractivity contribution in [3.63, 3.8) is 0 Å². The van der Waals surface area contributed by atoms with Gasteiger partial charge in [-0.15, -0.1) is 0 Å². The quantitative estimate of drug-likeness (QED) is 0.405. The Labute approximate surface area is 167 Å². The van der Waals surface area contributed by atoms with E-state index in [4.69, 9.17) is 27.6 Å². The van der Waals surface area contributed by atoms with Crippen molar-refractivity contribution < 1.29 is 14.3 Å². The first-order valence-electron chi connectivity index (χ1n) is 7.31. The molecule has 0 radical (unpaired) electrons. The lowest BCUT2D eigenvalue weighted by Crippen LogP contribution is -2.17. The minimum Gasteiger partial charge on any atom is -0.507 e. The number of furan rings is 1. The molecule has 0 spiro atoms. The number of carbonyl (C=O) groups excluding carboxylic acids is 1. The first-order valence-corrected chi connectivity index (χ1v) is 8.86. The van der Waals surface area contributed by atoms with Gasteiger partial charge >= 0.3 is 0 Å². The van der Waals surface area contributed by atoms with Gasteiger partial charge in [-0.1, -0.05) is 39.1 Å². The van der Waals surface area contributed by atoms with E-state index in [9.17, 15) is 9.90 Å². The molecule has 8 heteroatoms. The number of rotatable bonds is 4. The van der Waals surface area contributed by atoms with E-state index in [2.05, 4.69) is 26.5 Å². The molecule has 2 aromatic carbocycles.